The Labute approximate surface area is 307 Å². The Hall–Kier alpha value is -3.50. The fraction of sp³-hybridized carbons (Fsp3) is 0.415. The Morgan fingerprint density at radius 2 is 1.56 bits per heavy atom. The van der Waals surface area contributed by atoms with Gasteiger partial charge >= 0.3 is 6.09 Å². The summed E-state index contributed by atoms with van der Waals surface area (Å²) in [5.41, 5.74) is 1.78. The van der Waals surface area contributed by atoms with Crippen LogP contribution in [0.4, 0.5) is 4.79 Å². The normalized spacial score (nSPS) is 19.6. The number of hydrogen-bond acceptors (Lipinski definition) is 6. The molecule has 1 heterocycles. The van der Waals surface area contributed by atoms with Crippen molar-refractivity contribution in [1.82, 2.24) is 4.90 Å². The van der Waals surface area contributed by atoms with Crippen molar-refractivity contribution in [3.05, 3.63) is 119 Å². The molecule has 3 atom stereocenters. The van der Waals surface area contributed by atoms with Crippen molar-refractivity contribution in [2.24, 2.45) is 0 Å². The number of benzene rings is 3. The first-order chi connectivity index (χ1) is 23.6. The van der Waals surface area contributed by atoms with Gasteiger partial charge in [0.15, 0.2) is 14.1 Å². The van der Waals surface area contributed by atoms with Crippen molar-refractivity contribution in [2.75, 3.05) is 13.7 Å². The number of hydrogen-bond donors (Lipinski definition) is 0. The lowest BCUT2D eigenvalue weighted by Crippen LogP contribution is -2.69. The van der Waals surface area contributed by atoms with Crippen molar-refractivity contribution in [3.63, 3.8) is 0 Å². The van der Waals surface area contributed by atoms with Crippen LogP contribution >= 0.6 is 15.9 Å². The number of piperidine rings is 1. The number of Topliss-reactive ketones (excluding diaryl/α,β-unsaturated/α-hetero) is 1. The van der Waals surface area contributed by atoms with Gasteiger partial charge in [0, 0.05) is 6.42 Å². The molecule has 1 fully saturated rings. The number of para-hydroxylation sites is 1. The second-order valence-corrected chi connectivity index (χ2v) is 20.6. The number of amides is 1. The summed E-state index contributed by atoms with van der Waals surface area (Å²) >= 11 is 3.55. The van der Waals surface area contributed by atoms with E-state index in [4.69, 9.17) is 18.6 Å². The van der Waals surface area contributed by atoms with E-state index in [1.165, 1.54) is 0 Å². The smallest absolute Gasteiger partial charge is 0.416 e. The van der Waals surface area contributed by atoms with Gasteiger partial charge < -0.3 is 18.6 Å². The molecular formula is C41H52BrNO6Si. The Bertz CT molecular complexity index is 1610. The average Bonchev–Trinajstić information content (AvgIpc) is 3.06. The van der Waals surface area contributed by atoms with Crippen molar-refractivity contribution >= 4 is 36.1 Å². The minimum atomic E-state index is -2.49. The molecule has 0 aromatic heterocycles. The van der Waals surface area contributed by atoms with Crippen molar-refractivity contribution < 1.29 is 28.2 Å². The van der Waals surface area contributed by atoms with Crippen molar-refractivity contribution in [1.29, 1.82) is 0 Å². The quantitative estimate of drug-likeness (QED) is 0.113. The fourth-order valence-electron chi connectivity index (χ4n) is 6.24. The molecule has 3 aromatic carbocycles. The molecule has 1 aliphatic heterocycles. The summed E-state index contributed by atoms with van der Waals surface area (Å²) in [6.45, 7) is 19.9. The van der Waals surface area contributed by atoms with Crippen LogP contribution in [0.2, 0.25) is 18.1 Å². The number of allylic oxidation sites excluding steroid dienone is 1. The van der Waals surface area contributed by atoms with Gasteiger partial charge in [-0.2, -0.15) is 0 Å². The number of ether oxygens (including phenoxy) is 3. The molecule has 1 aliphatic rings. The summed E-state index contributed by atoms with van der Waals surface area (Å²) in [4.78, 5) is 31.2. The first-order valence-corrected chi connectivity index (χ1v) is 20.9. The molecule has 0 unspecified atom stereocenters. The highest BCUT2D eigenvalue weighted by atomic mass is 79.9. The van der Waals surface area contributed by atoms with Gasteiger partial charge in [-0.15, -0.1) is 0 Å². The van der Waals surface area contributed by atoms with E-state index in [1.807, 2.05) is 77.7 Å². The molecule has 268 valence electrons. The molecule has 4 rings (SSSR count). The van der Waals surface area contributed by atoms with Crippen LogP contribution in [0, 0.1) is 0 Å². The highest BCUT2D eigenvalue weighted by Crippen LogP contribution is 2.45. The third kappa shape index (κ3) is 10.3. The zero-order valence-electron chi connectivity index (χ0n) is 30.4. The molecule has 3 aromatic rings. The zero-order valence-corrected chi connectivity index (χ0v) is 33.0. The fourth-order valence-corrected chi connectivity index (χ4v) is 7.71. The maximum absolute atomic E-state index is 14.8. The van der Waals surface area contributed by atoms with E-state index in [9.17, 15) is 9.59 Å². The van der Waals surface area contributed by atoms with Gasteiger partial charge in [0.2, 0.25) is 0 Å². The summed E-state index contributed by atoms with van der Waals surface area (Å²) in [5, 5.41) is -0.167. The second-order valence-electron chi connectivity index (χ2n) is 14.8. The summed E-state index contributed by atoms with van der Waals surface area (Å²) in [5.74, 6) is 1.11. The number of carbonyl (C=O) groups is 2. The maximum Gasteiger partial charge on any atom is 0.416 e. The summed E-state index contributed by atoms with van der Waals surface area (Å²) in [6, 6.07) is 26.1. The molecule has 0 N–H and O–H groups in total. The SMILES string of the molecule is C=C(Br)CC[C@@]1(CC(=C)COCc2ccccc2)CC(=O)[C@@H](O[Si](C)(C)C(C)(C)C)[C@H](Cc2ccc(OC)cc2)N1C(=O)Oc1ccccc1. The molecule has 50 heavy (non-hydrogen) atoms. The van der Waals surface area contributed by atoms with Gasteiger partial charge in [0.05, 0.1) is 31.9 Å². The van der Waals surface area contributed by atoms with Crippen LogP contribution in [0.15, 0.2) is 108 Å². The minimum Gasteiger partial charge on any atom is -0.497 e. The number of nitrogens with zero attached hydrogens (tertiary/aromatic N) is 1. The van der Waals surface area contributed by atoms with E-state index in [0.29, 0.717) is 38.0 Å². The lowest BCUT2D eigenvalue weighted by Gasteiger charge is -2.54. The minimum absolute atomic E-state index is 0.0321. The van der Waals surface area contributed by atoms with Gasteiger partial charge in [-0.05, 0) is 89.3 Å². The van der Waals surface area contributed by atoms with Gasteiger partial charge in [-0.3, -0.25) is 9.69 Å². The topological polar surface area (TPSA) is 74.3 Å². The first-order valence-electron chi connectivity index (χ1n) is 17.2. The van der Waals surface area contributed by atoms with E-state index in [-0.39, 0.29) is 23.8 Å². The summed E-state index contributed by atoms with van der Waals surface area (Å²) in [6.07, 6.45) is 0.373. The Balaban J connectivity index is 1.81. The van der Waals surface area contributed by atoms with Crippen molar-refractivity contribution in [2.45, 2.75) is 95.3 Å². The van der Waals surface area contributed by atoms with E-state index in [0.717, 1.165) is 26.9 Å². The average molecular weight is 763 g/mol. The van der Waals surface area contributed by atoms with Crippen LogP contribution in [-0.4, -0.2) is 56.5 Å². The van der Waals surface area contributed by atoms with Crippen molar-refractivity contribution in [3.8, 4) is 11.5 Å². The molecule has 1 amide bonds. The molecule has 0 aliphatic carbocycles. The highest BCUT2D eigenvalue weighted by molar-refractivity contribution is 9.11. The summed E-state index contributed by atoms with van der Waals surface area (Å²) < 4.78 is 25.4. The lowest BCUT2D eigenvalue weighted by atomic mass is 9.73. The van der Waals surface area contributed by atoms with Crippen LogP contribution in [0.5, 0.6) is 11.5 Å². The summed E-state index contributed by atoms with van der Waals surface area (Å²) in [7, 11) is -0.863. The lowest BCUT2D eigenvalue weighted by molar-refractivity contribution is -0.142. The van der Waals surface area contributed by atoms with Crippen LogP contribution in [0.3, 0.4) is 0 Å². The molecule has 7 nitrogen and oxygen atoms in total. The van der Waals surface area contributed by atoms with Crippen LogP contribution in [0.1, 0.15) is 57.6 Å². The van der Waals surface area contributed by atoms with E-state index >= 15 is 0 Å². The Kier molecular flexibility index (Phi) is 13.5. The molecule has 0 radical (unpaired) electrons. The predicted octanol–water partition coefficient (Wildman–Crippen LogP) is 10.1. The molecule has 0 spiro atoms. The third-order valence-electron chi connectivity index (χ3n) is 9.85. The zero-order chi connectivity index (χ0) is 36.5. The first kappa shape index (κ1) is 39.3. The van der Waals surface area contributed by atoms with Gasteiger partial charge in [0.25, 0.3) is 0 Å². The number of likely N-dealkylation sites (tertiary alicyclic amines) is 1. The molecule has 1 saturated heterocycles. The van der Waals surface area contributed by atoms with Crippen LogP contribution in [0.25, 0.3) is 0 Å². The van der Waals surface area contributed by atoms with Gasteiger partial charge in [-0.25, -0.2) is 4.79 Å². The molecular weight excluding hydrogens is 710 g/mol. The van der Waals surface area contributed by atoms with E-state index in [2.05, 4.69) is 63.0 Å². The monoisotopic (exact) mass is 761 g/mol. The van der Waals surface area contributed by atoms with Gasteiger partial charge in [-0.1, -0.05) is 111 Å². The largest absolute Gasteiger partial charge is 0.497 e. The molecule has 0 bridgehead atoms. The van der Waals surface area contributed by atoms with E-state index < -0.39 is 32.1 Å². The third-order valence-corrected chi connectivity index (χ3v) is 14.7. The Morgan fingerprint density at radius 1 is 0.940 bits per heavy atom. The molecule has 0 saturated carbocycles. The van der Waals surface area contributed by atoms with Crippen LogP contribution < -0.4 is 9.47 Å². The number of carbonyl (C=O) groups excluding carboxylic acids is 2. The number of methoxy groups -OCH3 is 1. The number of rotatable bonds is 15. The standard InChI is InChI=1S/C41H52BrNO6Si/c1-30(28-47-29-33-15-11-9-12-16-33)26-41(24-23-31(2)42)27-37(44)38(49-50(7,8)40(3,4)5)36(25-32-19-21-34(46-6)22-20-32)43(41)39(45)48-35-17-13-10-14-18-35/h9-22,36,38H,1-2,23-29H2,3-8H3/t36-,38-,41+/m0/s1. The molecule has 9 heteroatoms. The number of halogens is 1. The maximum atomic E-state index is 14.8. The van der Waals surface area contributed by atoms with Gasteiger partial charge in [0.1, 0.15) is 17.6 Å². The highest BCUT2D eigenvalue weighted by Gasteiger charge is 2.56. The Morgan fingerprint density at radius 3 is 2.14 bits per heavy atom. The number of ketones is 1. The predicted molar refractivity (Wildman–Crippen MR) is 206 cm³/mol. The van der Waals surface area contributed by atoms with E-state index in [1.54, 1.807) is 19.2 Å². The van der Waals surface area contributed by atoms with Crippen LogP contribution in [-0.2, 0) is 27.0 Å². The second kappa shape index (κ2) is 17.1.